The van der Waals surface area contributed by atoms with Gasteiger partial charge in [0.15, 0.2) is 0 Å². The van der Waals surface area contributed by atoms with Crippen molar-refractivity contribution in [2.75, 3.05) is 23.3 Å². The lowest BCUT2D eigenvalue weighted by molar-refractivity contribution is -0.127. The summed E-state index contributed by atoms with van der Waals surface area (Å²) >= 11 is 0. The van der Waals surface area contributed by atoms with Gasteiger partial charge in [0.1, 0.15) is 5.82 Å². The van der Waals surface area contributed by atoms with Crippen LogP contribution in [0.15, 0.2) is 30.3 Å². The molecule has 1 fully saturated rings. The maximum absolute atomic E-state index is 13.8. The first-order valence-corrected chi connectivity index (χ1v) is 9.87. The molecule has 7 heteroatoms. The monoisotopic (exact) mass is 411 g/mol. The number of halogens is 1. The minimum Gasteiger partial charge on any atom is -0.347 e. The van der Waals surface area contributed by atoms with E-state index < -0.39 is 11.7 Å². The molecule has 3 amide bonds. The van der Waals surface area contributed by atoms with Gasteiger partial charge in [0.05, 0.1) is 12.5 Å². The molecule has 3 rings (SSSR count). The van der Waals surface area contributed by atoms with E-state index in [0.717, 1.165) is 22.4 Å². The maximum Gasteiger partial charge on any atom is 0.243 e. The highest BCUT2D eigenvalue weighted by molar-refractivity contribution is 6.01. The second-order valence-corrected chi connectivity index (χ2v) is 7.88. The third kappa shape index (κ3) is 4.67. The molecule has 2 aromatic carbocycles. The molecular weight excluding hydrogens is 385 g/mol. The zero-order valence-corrected chi connectivity index (χ0v) is 17.6. The molecular formula is C23H26FN3O3. The van der Waals surface area contributed by atoms with E-state index in [9.17, 15) is 18.8 Å². The Labute approximate surface area is 175 Å². The van der Waals surface area contributed by atoms with Crippen LogP contribution in [0.1, 0.15) is 28.7 Å². The topological polar surface area (TPSA) is 78.5 Å². The molecule has 2 N–H and O–H groups in total. The first-order valence-electron chi connectivity index (χ1n) is 9.87. The Morgan fingerprint density at radius 1 is 1.07 bits per heavy atom. The minimum atomic E-state index is -0.586. The van der Waals surface area contributed by atoms with Crippen LogP contribution in [-0.4, -0.2) is 30.8 Å². The predicted octanol–water partition coefficient (Wildman–Crippen LogP) is 3.17. The first kappa shape index (κ1) is 21.5. The van der Waals surface area contributed by atoms with Crippen LogP contribution >= 0.6 is 0 Å². The molecule has 158 valence electrons. The molecule has 0 aromatic heterocycles. The summed E-state index contributed by atoms with van der Waals surface area (Å²) in [7, 11) is 0. The molecule has 1 aliphatic heterocycles. The number of nitrogens with zero attached hydrogens (tertiary/aromatic N) is 1. The average molecular weight is 411 g/mol. The van der Waals surface area contributed by atoms with Gasteiger partial charge >= 0.3 is 0 Å². The van der Waals surface area contributed by atoms with Gasteiger partial charge in [-0.1, -0.05) is 23.8 Å². The number of carbonyl (C=O) groups excluding carboxylic acids is 3. The van der Waals surface area contributed by atoms with Crippen molar-refractivity contribution in [1.82, 2.24) is 5.32 Å². The highest BCUT2D eigenvalue weighted by Crippen LogP contribution is 2.27. The molecule has 0 bridgehead atoms. The molecule has 1 heterocycles. The number of anilines is 2. The number of hydrogen-bond acceptors (Lipinski definition) is 3. The van der Waals surface area contributed by atoms with Crippen LogP contribution in [0.5, 0.6) is 0 Å². The highest BCUT2D eigenvalue weighted by Gasteiger charge is 2.35. The first-order chi connectivity index (χ1) is 14.2. The Hall–Kier alpha value is -3.22. The molecule has 0 unspecified atom stereocenters. The quantitative estimate of drug-likeness (QED) is 0.793. The summed E-state index contributed by atoms with van der Waals surface area (Å²) < 4.78 is 13.8. The van der Waals surface area contributed by atoms with E-state index in [0.29, 0.717) is 11.3 Å². The number of aryl methyl sites for hydroxylation is 4. The van der Waals surface area contributed by atoms with E-state index >= 15 is 0 Å². The normalized spacial score (nSPS) is 16.0. The summed E-state index contributed by atoms with van der Waals surface area (Å²) in [5, 5.41) is 5.44. The summed E-state index contributed by atoms with van der Waals surface area (Å²) in [4.78, 5) is 38.5. The highest BCUT2D eigenvalue weighted by atomic mass is 19.1. The number of nitrogens with one attached hydrogen (secondary N) is 2. The van der Waals surface area contributed by atoms with Gasteiger partial charge in [0.2, 0.25) is 17.7 Å². The van der Waals surface area contributed by atoms with Crippen molar-refractivity contribution in [2.24, 2.45) is 5.92 Å². The smallest absolute Gasteiger partial charge is 0.243 e. The molecule has 0 aliphatic carbocycles. The summed E-state index contributed by atoms with van der Waals surface area (Å²) in [6, 6.07) is 8.52. The van der Waals surface area contributed by atoms with Crippen molar-refractivity contribution in [3.8, 4) is 0 Å². The Morgan fingerprint density at radius 3 is 2.37 bits per heavy atom. The lowest BCUT2D eigenvalue weighted by Crippen LogP contribution is -2.38. The Morgan fingerprint density at radius 2 is 1.73 bits per heavy atom. The molecule has 30 heavy (non-hydrogen) atoms. The molecule has 2 aromatic rings. The van der Waals surface area contributed by atoms with E-state index in [1.165, 1.54) is 11.0 Å². The van der Waals surface area contributed by atoms with Crippen LogP contribution in [-0.2, 0) is 14.4 Å². The minimum absolute atomic E-state index is 0.0269. The van der Waals surface area contributed by atoms with Gasteiger partial charge < -0.3 is 15.5 Å². The van der Waals surface area contributed by atoms with E-state index in [4.69, 9.17) is 0 Å². The van der Waals surface area contributed by atoms with E-state index in [-0.39, 0.29) is 37.2 Å². The predicted molar refractivity (Wildman–Crippen MR) is 114 cm³/mol. The second kappa shape index (κ2) is 8.65. The fraction of sp³-hybridized carbons (Fsp3) is 0.348. The van der Waals surface area contributed by atoms with Crippen LogP contribution in [0.2, 0.25) is 0 Å². The standard InChI is InChI=1S/C23H26FN3O3/c1-13-7-15(3)22(16(4)8-13)26-20(28)11-25-23(30)17-9-21(29)27(12-17)18-6-5-14(2)19(24)10-18/h5-8,10,17H,9,11-12H2,1-4H3,(H,25,30)(H,26,28)/t17-/m1/s1. The zero-order valence-electron chi connectivity index (χ0n) is 17.6. The summed E-state index contributed by atoms with van der Waals surface area (Å²) in [5.41, 5.74) is 4.68. The molecule has 0 spiro atoms. The van der Waals surface area contributed by atoms with Crippen LogP contribution < -0.4 is 15.5 Å². The number of hydrogen-bond donors (Lipinski definition) is 2. The molecule has 6 nitrogen and oxygen atoms in total. The van der Waals surface area contributed by atoms with E-state index in [2.05, 4.69) is 10.6 Å². The van der Waals surface area contributed by atoms with Crippen LogP contribution in [0.3, 0.4) is 0 Å². The molecule has 0 saturated carbocycles. The van der Waals surface area contributed by atoms with Crippen LogP contribution in [0.25, 0.3) is 0 Å². The fourth-order valence-corrected chi connectivity index (χ4v) is 3.75. The van der Waals surface area contributed by atoms with Crippen LogP contribution in [0.4, 0.5) is 15.8 Å². The number of carbonyl (C=O) groups is 3. The van der Waals surface area contributed by atoms with Gasteiger partial charge in [-0.15, -0.1) is 0 Å². The van der Waals surface area contributed by atoms with Gasteiger partial charge in [0.25, 0.3) is 0 Å². The van der Waals surface area contributed by atoms with Crippen molar-refractivity contribution in [3.05, 3.63) is 58.4 Å². The average Bonchev–Trinajstić information content (AvgIpc) is 3.06. The summed E-state index contributed by atoms with van der Waals surface area (Å²) in [6.45, 7) is 7.44. The Kier molecular flexibility index (Phi) is 6.20. The molecule has 1 saturated heterocycles. The summed E-state index contributed by atoms with van der Waals surface area (Å²) in [6.07, 6.45) is 0.0269. The van der Waals surface area contributed by atoms with Gasteiger partial charge in [0, 0.05) is 24.3 Å². The molecule has 1 atom stereocenters. The van der Waals surface area contributed by atoms with Gasteiger partial charge in [-0.3, -0.25) is 14.4 Å². The van der Waals surface area contributed by atoms with Gasteiger partial charge in [-0.05, 0) is 56.5 Å². The van der Waals surface area contributed by atoms with Crippen molar-refractivity contribution in [3.63, 3.8) is 0 Å². The number of benzene rings is 2. The summed E-state index contributed by atoms with van der Waals surface area (Å²) in [5.74, 6) is -1.93. The van der Waals surface area contributed by atoms with E-state index in [1.54, 1.807) is 19.1 Å². The lowest BCUT2D eigenvalue weighted by atomic mass is 10.1. The third-order valence-electron chi connectivity index (χ3n) is 5.33. The molecule has 1 aliphatic rings. The Bertz CT molecular complexity index is 996. The van der Waals surface area contributed by atoms with Crippen molar-refractivity contribution in [1.29, 1.82) is 0 Å². The Balaban J connectivity index is 1.57. The van der Waals surface area contributed by atoms with Crippen molar-refractivity contribution < 1.29 is 18.8 Å². The fourth-order valence-electron chi connectivity index (χ4n) is 3.75. The van der Waals surface area contributed by atoms with Crippen LogP contribution in [0, 0.1) is 39.4 Å². The third-order valence-corrected chi connectivity index (χ3v) is 5.33. The second-order valence-electron chi connectivity index (χ2n) is 7.88. The SMILES string of the molecule is Cc1cc(C)c(NC(=O)CNC(=O)[C@@H]2CC(=O)N(c3ccc(C)c(F)c3)C2)c(C)c1. The van der Waals surface area contributed by atoms with Gasteiger partial charge in [-0.25, -0.2) is 4.39 Å². The maximum atomic E-state index is 13.8. The van der Waals surface area contributed by atoms with Gasteiger partial charge in [-0.2, -0.15) is 0 Å². The largest absolute Gasteiger partial charge is 0.347 e. The number of amides is 3. The number of rotatable bonds is 5. The zero-order chi connectivity index (χ0) is 22.0. The van der Waals surface area contributed by atoms with Crippen molar-refractivity contribution in [2.45, 2.75) is 34.1 Å². The molecule has 0 radical (unpaired) electrons. The van der Waals surface area contributed by atoms with E-state index in [1.807, 2.05) is 32.9 Å². The lowest BCUT2D eigenvalue weighted by Gasteiger charge is -2.17. The van der Waals surface area contributed by atoms with Crippen molar-refractivity contribution >= 4 is 29.1 Å².